The largest absolute Gasteiger partial charge is 0.0530 e. The summed E-state index contributed by atoms with van der Waals surface area (Å²) in [5, 5.41) is 0. The van der Waals surface area contributed by atoms with Crippen molar-refractivity contribution in [3.63, 3.8) is 0 Å². The van der Waals surface area contributed by atoms with Gasteiger partial charge in [-0.3, -0.25) is 0 Å². The Bertz CT molecular complexity index is 171. The lowest BCUT2D eigenvalue weighted by Gasteiger charge is -2.25. The first-order chi connectivity index (χ1) is 5.41. The molecule has 0 spiro atoms. The molecular formula is C11H18. The first-order valence-corrected chi connectivity index (χ1v) is 5.41. The first kappa shape index (κ1) is 6.51. The maximum Gasteiger partial charge on any atom is -0.0263 e. The summed E-state index contributed by atoms with van der Waals surface area (Å²) in [5.74, 6) is 2.38. The van der Waals surface area contributed by atoms with Gasteiger partial charge in [0.2, 0.25) is 0 Å². The van der Waals surface area contributed by atoms with Crippen LogP contribution in [0.2, 0.25) is 0 Å². The predicted octanol–water partition coefficient (Wildman–Crippen LogP) is 3.37. The van der Waals surface area contributed by atoms with Crippen LogP contribution in [0.15, 0.2) is 0 Å². The lowest BCUT2D eigenvalue weighted by Crippen LogP contribution is -2.14. The van der Waals surface area contributed by atoms with Crippen LogP contribution in [0, 0.1) is 17.3 Å². The van der Waals surface area contributed by atoms with E-state index in [9.17, 15) is 0 Å². The molecule has 3 aliphatic rings. The summed E-state index contributed by atoms with van der Waals surface area (Å²) < 4.78 is 0. The fourth-order valence-corrected chi connectivity index (χ4v) is 3.89. The van der Waals surface area contributed by atoms with Gasteiger partial charge in [-0.25, -0.2) is 0 Å². The molecule has 0 saturated heterocycles. The number of hydrogen-bond acceptors (Lipinski definition) is 0. The minimum atomic E-state index is 0.930. The van der Waals surface area contributed by atoms with E-state index < -0.39 is 0 Å². The van der Waals surface area contributed by atoms with E-state index in [1.165, 1.54) is 11.8 Å². The van der Waals surface area contributed by atoms with E-state index >= 15 is 0 Å². The van der Waals surface area contributed by atoms with Crippen molar-refractivity contribution in [3.8, 4) is 0 Å². The Balaban J connectivity index is 1.87. The van der Waals surface area contributed by atoms with Gasteiger partial charge in [0, 0.05) is 0 Å². The van der Waals surface area contributed by atoms with Crippen LogP contribution in [0.3, 0.4) is 0 Å². The Kier molecular flexibility index (Phi) is 1.20. The number of hydrogen-bond donors (Lipinski definition) is 0. The molecule has 3 rings (SSSR count). The van der Waals surface area contributed by atoms with Gasteiger partial charge in [0.15, 0.2) is 0 Å². The summed E-state index contributed by atoms with van der Waals surface area (Å²) in [6.45, 7) is 0. The van der Waals surface area contributed by atoms with E-state index in [-0.39, 0.29) is 0 Å². The highest BCUT2D eigenvalue weighted by atomic mass is 14.6. The average molecular weight is 150 g/mol. The summed E-state index contributed by atoms with van der Waals surface area (Å²) in [6, 6.07) is 0. The molecule has 3 fully saturated rings. The van der Waals surface area contributed by atoms with Gasteiger partial charge in [0.05, 0.1) is 0 Å². The third-order valence-electron chi connectivity index (χ3n) is 4.57. The molecule has 0 N–H and O–H groups in total. The van der Waals surface area contributed by atoms with Crippen LogP contribution >= 0.6 is 0 Å². The summed E-state index contributed by atoms with van der Waals surface area (Å²) in [4.78, 5) is 0. The molecule has 62 valence electrons. The maximum absolute atomic E-state index is 1.62. The van der Waals surface area contributed by atoms with Crippen LogP contribution in [0.1, 0.15) is 51.4 Å². The van der Waals surface area contributed by atoms with Crippen molar-refractivity contribution in [1.82, 2.24) is 0 Å². The second-order valence-electron chi connectivity index (χ2n) is 5.07. The molecule has 0 heteroatoms. The van der Waals surface area contributed by atoms with Gasteiger partial charge >= 0.3 is 0 Å². The highest BCUT2D eigenvalue weighted by Crippen LogP contribution is 2.68. The topological polar surface area (TPSA) is 0 Å². The molecule has 3 atom stereocenters. The van der Waals surface area contributed by atoms with Crippen molar-refractivity contribution in [2.24, 2.45) is 17.3 Å². The van der Waals surface area contributed by atoms with Gasteiger partial charge < -0.3 is 0 Å². The second-order valence-corrected chi connectivity index (χ2v) is 5.07. The Hall–Kier alpha value is 0. The predicted molar refractivity (Wildman–Crippen MR) is 46.3 cm³/mol. The van der Waals surface area contributed by atoms with Gasteiger partial charge in [0.25, 0.3) is 0 Å². The summed E-state index contributed by atoms with van der Waals surface area (Å²) in [5.41, 5.74) is 0.930. The molecule has 0 aromatic rings. The van der Waals surface area contributed by atoms with Crippen LogP contribution in [0.4, 0.5) is 0 Å². The monoisotopic (exact) mass is 150 g/mol. The van der Waals surface area contributed by atoms with Crippen LogP contribution in [0.25, 0.3) is 0 Å². The normalized spacial score (nSPS) is 54.5. The molecule has 2 bridgehead atoms. The van der Waals surface area contributed by atoms with Gasteiger partial charge in [-0.05, 0) is 36.5 Å². The fraction of sp³-hybridized carbons (Fsp3) is 1.00. The van der Waals surface area contributed by atoms with Crippen molar-refractivity contribution < 1.29 is 0 Å². The molecule has 3 unspecified atom stereocenters. The zero-order valence-electron chi connectivity index (χ0n) is 7.31. The van der Waals surface area contributed by atoms with E-state index in [4.69, 9.17) is 0 Å². The van der Waals surface area contributed by atoms with Gasteiger partial charge in [-0.15, -0.1) is 0 Å². The molecule has 11 heavy (non-hydrogen) atoms. The van der Waals surface area contributed by atoms with Gasteiger partial charge in [-0.1, -0.05) is 32.1 Å². The van der Waals surface area contributed by atoms with Crippen molar-refractivity contribution in [2.75, 3.05) is 0 Å². The van der Waals surface area contributed by atoms with E-state index in [0.717, 1.165) is 5.41 Å². The highest BCUT2D eigenvalue weighted by molar-refractivity contribution is 5.08. The standard InChI is InChI=1S/C11H18/c1-2-6-11-7-3-5-9(4-1)10(11)8-11/h9-10H,1-8H2. The quantitative estimate of drug-likeness (QED) is 0.496. The van der Waals surface area contributed by atoms with Gasteiger partial charge in [-0.2, -0.15) is 0 Å². The van der Waals surface area contributed by atoms with E-state index in [1.807, 2.05) is 0 Å². The lowest BCUT2D eigenvalue weighted by atomic mass is 9.81. The van der Waals surface area contributed by atoms with Gasteiger partial charge in [0.1, 0.15) is 0 Å². The Labute approximate surface area is 69.4 Å². The van der Waals surface area contributed by atoms with Crippen molar-refractivity contribution in [1.29, 1.82) is 0 Å². The molecule has 0 nitrogen and oxygen atoms in total. The Morgan fingerprint density at radius 2 is 1.73 bits per heavy atom. The molecule has 0 heterocycles. The molecule has 0 amide bonds. The van der Waals surface area contributed by atoms with E-state index in [1.54, 1.807) is 51.4 Å². The van der Waals surface area contributed by atoms with Crippen LogP contribution in [-0.2, 0) is 0 Å². The minimum absolute atomic E-state index is 0.930. The number of rotatable bonds is 0. The molecule has 0 aromatic carbocycles. The molecular weight excluding hydrogens is 132 g/mol. The Morgan fingerprint density at radius 1 is 0.909 bits per heavy atom. The molecule has 0 aliphatic heterocycles. The molecule has 0 aromatic heterocycles. The first-order valence-electron chi connectivity index (χ1n) is 5.41. The summed E-state index contributed by atoms with van der Waals surface area (Å²) in [6.07, 6.45) is 12.6. The van der Waals surface area contributed by atoms with Crippen LogP contribution < -0.4 is 0 Å². The van der Waals surface area contributed by atoms with Crippen LogP contribution in [0.5, 0.6) is 0 Å². The highest BCUT2D eigenvalue weighted by Gasteiger charge is 2.58. The second kappa shape index (κ2) is 2.02. The van der Waals surface area contributed by atoms with Crippen molar-refractivity contribution in [3.05, 3.63) is 0 Å². The molecule has 3 saturated carbocycles. The molecule has 0 radical (unpaired) electrons. The van der Waals surface area contributed by atoms with Crippen molar-refractivity contribution >= 4 is 0 Å². The summed E-state index contributed by atoms with van der Waals surface area (Å²) in [7, 11) is 0. The van der Waals surface area contributed by atoms with E-state index in [0.29, 0.717) is 0 Å². The van der Waals surface area contributed by atoms with E-state index in [2.05, 4.69) is 0 Å². The minimum Gasteiger partial charge on any atom is -0.0530 e. The zero-order valence-corrected chi connectivity index (χ0v) is 7.31. The Morgan fingerprint density at radius 3 is 2.73 bits per heavy atom. The maximum atomic E-state index is 1.62. The van der Waals surface area contributed by atoms with Crippen molar-refractivity contribution in [2.45, 2.75) is 51.4 Å². The third-order valence-corrected chi connectivity index (χ3v) is 4.57. The summed E-state index contributed by atoms with van der Waals surface area (Å²) >= 11 is 0. The fourth-order valence-electron chi connectivity index (χ4n) is 3.89. The molecule has 3 aliphatic carbocycles. The average Bonchev–Trinajstić information content (AvgIpc) is 2.69. The SMILES string of the molecule is C1CCC23CCCC(C1)C2C3. The smallest absolute Gasteiger partial charge is 0.0263 e. The lowest BCUT2D eigenvalue weighted by molar-refractivity contribution is 0.259. The zero-order chi connectivity index (χ0) is 7.31. The van der Waals surface area contributed by atoms with Crippen LogP contribution in [-0.4, -0.2) is 0 Å². The third kappa shape index (κ3) is 0.816.